The number of rotatable bonds is 10. The first-order chi connectivity index (χ1) is 44.0. The van der Waals surface area contributed by atoms with Gasteiger partial charge in [-0.3, -0.25) is 19.2 Å². The van der Waals surface area contributed by atoms with Crippen LogP contribution in [0.25, 0.3) is 22.6 Å². The molecule has 2 unspecified atom stereocenters. The fourth-order valence-electron chi connectivity index (χ4n) is 14.3. The van der Waals surface area contributed by atoms with Gasteiger partial charge in [-0.15, -0.1) is 0 Å². The number of imidazole rings is 1. The van der Waals surface area contributed by atoms with Gasteiger partial charge in [-0.25, -0.2) is 19.4 Å². The Labute approximate surface area is 539 Å². The molecule has 1 saturated carbocycles. The molecule has 9 rings (SSSR count). The summed E-state index contributed by atoms with van der Waals surface area (Å²) >= 11 is 0. The molecule has 3 aromatic heterocycles. The van der Waals surface area contributed by atoms with Crippen molar-refractivity contribution in [3.05, 3.63) is 59.5 Å². The average molecular weight is 1280 g/mol. The van der Waals surface area contributed by atoms with Crippen LogP contribution >= 0.6 is 0 Å². The van der Waals surface area contributed by atoms with E-state index < -0.39 is 89.5 Å². The lowest BCUT2D eigenvalue weighted by atomic mass is 9.78. The Hall–Kier alpha value is -6.49. The zero-order valence-corrected chi connectivity index (χ0v) is 55.1. The number of anilines is 1. The number of amides is 1. The van der Waals surface area contributed by atoms with Crippen molar-refractivity contribution in [1.82, 2.24) is 35.1 Å². The van der Waals surface area contributed by atoms with Crippen molar-refractivity contribution in [2.45, 2.75) is 212 Å². The number of cyclic esters (lactones) is 1. The molecule has 502 valence electrons. The fourth-order valence-corrected chi connectivity index (χ4v) is 14.3. The lowest BCUT2D eigenvalue weighted by molar-refractivity contribution is -0.269. The number of aryl methyl sites for hydroxylation is 1. The number of pyridine rings is 1. The number of aliphatic hydroxyl groups excluding tert-OH is 2. The quantitative estimate of drug-likeness (QED) is 0.0583. The highest BCUT2D eigenvalue weighted by Crippen LogP contribution is 2.45. The maximum absolute atomic E-state index is 14.7. The number of methoxy groups -OCH3 is 2. The number of aliphatic hydroxyl groups is 3. The average Bonchev–Trinajstić information content (AvgIpc) is 1.24. The number of carbonyl (C=O) groups excluding carboxylic acids is 5. The van der Waals surface area contributed by atoms with E-state index in [0.717, 1.165) is 31.5 Å². The fraction of sp³-hybridized carbons (Fsp3) is 0.667. The first kappa shape index (κ1) is 69.8. The molecule has 8 heterocycles. The van der Waals surface area contributed by atoms with Gasteiger partial charge in [0, 0.05) is 75.9 Å². The van der Waals surface area contributed by atoms with E-state index in [0.29, 0.717) is 111 Å². The minimum Gasteiger partial charge on any atom is -0.489 e. The van der Waals surface area contributed by atoms with Crippen molar-refractivity contribution in [3.8, 4) is 29.1 Å². The lowest BCUT2D eigenvalue weighted by Gasteiger charge is -2.48. The summed E-state index contributed by atoms with van der Waals surface area (Å²) in [6.07, 6.45) is 13.5. The summed E-state index contributed by atoms with van der Waals surface area (Å²) in [6, 6.07) is -1.21. The molecule has 6 N–H and O–H groups in total. The number of piperidine rings is 2. The number of nitrogens with zero attached hydrogens (tertiary/aromatic N) is 6. The Kier molecular flexibility index (Phi) is 23.3. The second kappa shape index (κ2) is 30.7. The summed E-state index contributed by atoms with van der Waals surface area (Å²) < 4.78 is 44.2. The molecule has 1 amide bonds. The normalized spacial score (nSPS) is 35.8. The number of hydrogen-bond donors (Lipinski definition) is 5. The van der Waals surface area contributed by atoms with Gasteiger partial charge in [0.25, 0.3) is 11.7 Å². The number of nitrogens with one attached hydrogen (secondary N) is 1. The van der Waals surface area contributed by atoms with Gasteiger partial charge in [0.05, 0.1) is 37.2 Å². The summed E-state index contributed by atoms with van der Waals surface area (Å²) in [4.78, 5) is 83.6. The summed E-state index contributed by atoms with van der Waals surface area (Å²) in [5, 5.41) is 46.1. The molecule has 4 saturated heterocycles. The molecule has 6 aliphatic rings. The number of ether oxygens (including phenoxy) is 6. The number of ketones is 3. The van der Waals surface area contributed by atoms with Crippen molar-refractivity contribution in [2.24, 2.45) is 41.4 Å². The van der Waals surface area contributed by atoms with Gasteiger partial charge in [0.15, 0.2) is 34.5 Å². The molecule has 23 heteroatoms. The standard InChI is InChI=1S/C69H96N8O15/c1-11-76-59-56(88-38-46-19-17-28-71-36-46)37-72-49(57(59)73-65(76)58-64(70)75-92-74-58)26-27-68(8)48-20-14-12-13-18-39(2)30-42(5)60(80)62(87-10)61(81)43(6)31-40(3)52(79)35-53(41(4)32-45-23-25-51(78)55(33-45)86-9)89-67(84)50-21-15-16-29-77(50)66(83)63(82)69(85)44(7)22-24-47(90-69)34-54(48)91-68/h12-14,18,20,31,37,39-42,44-47,50-51,53-55,61-62,71,78,81,85H,11,15-17,19,21-25,28-30,32-36,38H2,1-10H3,(H2,70,75)/b14-12+,18-13+,43-31+,48-20+/t39-,40-,41?,42-,44-,45-,46+,47+,50+,51-,53+,54-,55-,61-,62+,68?,69-/m1/s1. The molecule has 0 spiro atoms. The number of nitrogen functional groups attached to an aromatic ring is 1. The zero-order valence-electron chi connectivity index (χ0n) is 55.1. The van der Waals surface area contributed by atoms with E-state index >= 15 is 0 Å². The Morgan fingerprint density at radius 1 is 0.924 bits per heavy atom. The zero-order chi connectivity index (χ0) is 66.2. The molecule has 17 atom stereocenters. The molecule has 0 radical (unpaired) electrons. The van der Waals surface area contributed by atoms with Crippen LogP contribution in [0.2, 0.25) is 0 Å². The molecular formula is C69H96N8O15. The van der Waals surface area contributed by atoms with Gasteiger partial charge >= 0.3 is 5.97 Å². The number of carbonyl (C=O) groups is 5. The van der Waals surface area contributed by atoms with Crippen LogP contribution in [0.5, 0.6) is 5.75 Å². The number of fused-ring (bicyclic) bond motifs is 5. The Morgan fingerprint density at radius 2 is 1.72 bits per heavy atom. The lowest BCUT2D eigenvalue weighted by Crippen LogP contribution is -2.61. The van der Waals surface area contributed by atoms with Crippen LogP contribution in [0.3, 0.4) is 0 Å². The Morgan fingerprint density at radius 3 is 2.43 bits per heavy atom. The smallest absolute Gasteiger partial charge is 0.329 e. The van der Waals surface area contributed by atoms with Crippen LogP contribution in [0, 0.1) is 53.3 Å². The third kappa shape index (κ3) is 15.7. The monoisotopic (exact) mass is 1280 g/mol. The van der Waals surface area contributed by atoms with Gasteiger partial charge in [-0.2, -0.15) is 0 Å². The molecule has 3 aromatic rings. The largest absolute Gasteiger partial charge is 0.489 e. The first-order valence-corrected chi connectivity index (χ1v) is 33.2. The summed E-state index contributed by atoms with van der Waals surface area (Å²) in [5.41, 5.74) is 7.81. The first-order valence-electron chi connectivity index (χ1n) is 33.2. The number of hydrogen-bond acceptors (Lipinski definition) is 21. The van der Waals surface area contributed by atoms with Gasteiger partial charge < -0.3 is 64.3 Å². The number of allylic oxidation sites excluding steroid dienone is 6. The van der Waals surface area contributed by atoms with Crippen molar-refractivity contribution in [2.75, 3.05) is 46.2 Å². The molecule has 5 fully saturated rings. The molecule has 0 aromatic carbocycles. The Bertz CT molecular complexity index is 3320. The predicted octanol–water partition coefficient (Wildman–Crippen LogP) is 7.13. The highest BCUT2D eigenvalue weighted by Gasteiger charge is 2.55. The second-order valence-corrected chi connectivity index (χ2v) is 26.8. The van der Waals surface area contributed by atoms with Gasteiger partial charge in [-0.05, 0) is 144 Å². The van der Waals surface area contributed by atoms with Crippen LogP contribution in [0.1, 0.15) is 151 Å². The van der Waals surface area contributed by atoms with E-state index in [1.54, 1.807) is 47.1 Å². The number of aromatic nitrogens is 5. The SMILES string of the molecule is CCn1c(-c2nonc2N)nc2c(C#CC3(C)O[C@@H]4C[C@@H]5CC[C@@H](C)[C@@](O)(O5)C(=O)C(=O)N5CCCC[C@H]5C(=O)O[C@H](C(C)C[C@H]5CC[C@@H](O)[C@H](OC)C5)CC(=O)[C@H](C)/C=C(\C)[C@@H](O)[C@@H](OC)C(=O)[C@H](C)C[C@H](C)/C=C/C=C/C=C\43)ncc(OC[C@H]3CCCNC3)c21. The maximum Gasteiger partial charge on any atom is 0.329 e. The highest BCUT2D eigenvalue weighted by atomic mass is 16.6. The van der Waals surface area contributed by atoms with Crippen LogP contribution in [0.4, 0.5) is 5.82 Å². The molecular weight excluding hydrogens is 1180 g/mol. The van der Waals surface area contributed by atoms with E-state index in [-0.39, 0.29) is 72.7 Å². The summed E-state index contributed by atoms with van der Waals surface area (Å²) in [5.74, 6) is -0.808. The number of esters is 1. The topological polar surface area (TPSA) is 312 Å². The van der Waals surface area contributed by atoms with E-state index in [1.807, 2.05) is 62.6 Å². The third-order valence-electron chi connectivity index (χ3n) is 20.0. The number of Topliss-reactive ketones (excluding diaryl/α,β-unsaturated/α-hetero) is 3. The third-order valence-corrected chi connectivity index (χ3v) is 20.0. The molecule has 2 bridgehead atoms. The van der Waals surface area contributed by atoms with E-state index in [4.69, 9.17) is 48.8 Å². The molecule has 92 heavy (non-hydrogen) atoms. The molecule has 23 nitrogen and oxygen atoms in total. The maximum atomic E-state index is 14.7. The van der Waals surface area contributed by atoms with E-state index in [9.17, 15) is 39.3 Å². The van der Waals surface area contributed by atoms with E-state index in [2.05, 4.69) is 27.5 Å². The highest BCUT2D eigenvalue weighted by molar-refractivity contribution is 6.39. The van der Waals surface area contributed by atoms with Crippen LogP contribution in [0.15, 0.2) is 58.4 Å². The van der Waals surface area contributed by atoms with Gasteiger partial charge in [-0.1, -0.05) is 77.0 Å². The van der Waals surface area contributed by atoms with Crippen LogP contribution in [-0.4, -0.2) is 175 Å². The van der Waals surface area contributed by atoms with Crippen molar-refractivity contribution in [1.29, 1.82) is 0 Å². The molecule has 1 aliphatic carbocycles. The minimum atomic E-state index is -2.56. The van der Waals surface area contributed by atoms with Gasteiger partial charge in [0.1, 0.15) is 46.9 Å². The second-order valence-electron chi connectivity index (χ2n) is 26.8. The number of nitrogens with two attached hydrogens (primary N) is 1. The Balaban J connectivity index is 1.03. The predicted molar refractivity (Wildman–Crippen MR) is 341 cm³/mol. The van der Waals surface area contributed by atoms with Crippen molar-refractivity contribution < 1.29 is 72.3 Å². The van der Waals surface area contributed by atoms with Crippen molar-refractivity contribution in [3.63, 3.8) is 0 Å². The van der Waals surface area contributed by atoms with E-state index in [1.165, 1.54) is 12.0 Å². The molecule has 5 aliphatic heterocycles. The summed E-state index contributed by atoms with van der Waals surface area (Å²) in [7, 11) is 2.93. The van der Waals surface area contributed by atoms with Crippen LogP contribution in [-0.2, 0) is 54.2 Å². The van der Waals surface area contributed by atoms with Gasteiger partial charge in [0.2, 0.25) is 5.79 Å². The minimum absolute atomic E-state index is 0.0331. The van der Waals surface area contributed by atoms with Crippen molar-refractivity contribution >= 4 is 46.1 Å². The van der Waals surface area contributed by atoms with Crippen LogP contribution < -0.4 is 15.8 Å². The summed E-state index contributed by atoms with van der Waals surface area (Å²) in [6.45, 7) is 17.2.